The first-order valence-corrected chi connectivity index (χ1v) is 11.7. The molecule has 162 valence electrons. The van der Waals surface area contributed by atoms with Crippen molar-refractivity contribution < 1.29 is 4.79 Å². The Kier molecular flexibility index (Phi) is 5.91. The monoisotopic (exact) mass is 410 g/mol. The maximum Gasteiger partial charge on any atom is 0.225 e. The summed E-state index contributed by atoms with van der Waals surface area (Å²) in [5, 5.41) is 4.56. The molecule has 2 aromatic rings. The predicted molar refractivity (Wildman–Crippen MR) is 120 cm³/mol. The molecule has 30 heavy (non-hydrogen) atoms. The first-order valence-electron chi connectivity index (χ1n) is 11.7. The zero-order valence-corrected chi connectivity index (χ0v) is 17.9. The Labute approximate surface area is 179 Å². The lowest BCUT2D eigenvalue weighted by Gasteiger charge is -2.37. The van der Waals surface area contributed by atoms with Gasteiger partial charge >= 0.3 is 0 Å². The van der Waals surface area contributed by atoms with Gasteiger partial charge in [-0.3, -0.25) is 4.79 Å². The normalized spacial score (nSPS) is 21.6. The van der Waals surface area contributed by atoms with Crippen LogP contribution in [0, 0.1) is 5.92 Å². The van der Waals surface area contributed by atoms with Crippen LogP contribution >= 0.6 is 0 Å². The van der Waals surface area contributed by atoms with Gasteiger partial charge in [0.05, 0.1) is 0 Å². The van der Waals surface area contributed by atoms with Crippen molar-refractivity contribution in [2.45, 2.75) is 32.2 Å². The van der Waals surface area contributed by atoms with Crippen molar-refractivity contribution in [3.8, 4) is 0 Å². The maximum absolute atomic E-state index is 12.8. The molecule has 0 bridgehead atoms. The molecule has 0 spiro atoms. The molecule has 3 saturated heterocycles. The van der Waals surface area contributed by atoms with Gasteiger partial charge < -0.3 is 24.6 Å². The van der Waals surface area contributed by atoms with Crippen LogP contribution in [0.3, 0.4) is 0 Å². The van der Waals surface area contributed by atoms with Gasteiger partial charge in [-0.05, 0) is 70.1 Å². The van der Waals surface area contributed by atoms with Gasteiger partial charge in [-0.25, -0.2) is 4.98 Å². The third-order valence-electron chi connectivity index (χ3n) is 7.06. The number of rotatable bonds is 5. The minimum atomic E-state index is 0.214. The van der Waals surface area contributed by atoms with E-state index < -0.39 is 0 Å². The third kappa shape index (κ3) is 4.18. The number of pyridine rings is 1. The highest BCUT2D eigenvalue weighted by Crippen LogP contribution is 2.22. The van der Waals surface area contributed by atoms with Gasteiger partial charge in [0.2, 0.25) is 5.91 Å². The molecule has 3 fully saturated rings. The molecular formula is C23H34N6O. The van der Waals surface area contributed by atoms with Gasteiger partial charge in [-0.1, -0.05) is 0 Å². The summed E-state index contributed by atoms with van der Waals surface area (Å²) in [6.07, 6.45) is 6.80. The van der Waals surface area contributed by atoms with Crippen molar-refractivity contribution in [3.05, 3.63) is 24.4 Å². The first-order chi connectivity index (χ1) is 14.8. The molecule has 0 atom stereocenters. The van der Waals surface area contributed by atoms with Crippen molar-refractivity contribution in [1.82, 2.24) is 24.7 Å². The van der Waals surface area contributed by atoms with Gasteiger partial charge in [0.25, 0.3) is 0 Å². The molecular weight excluding hydrogens is 376 g/mol. The molecule has 7 nitrogen and oxygen atoms in total. The molecule has 0 aliphatic carbocycles. The van der Waals surface area contributed by atoms with Crippen LogP contribution in [0.4, 0.5) is 5.82 Å². The SMILES string of the molecule is O=C(C1CCNCC1)N1CCN(c2ccc3ccn(CCN4CCCC4)c3n2)CC1. The number of nitrogens with zero attached hydrogens (tertiary/aromatic N) is 5. The fourth-order valence-electron chi connectivity index (χ4n) is 5.15. The maximum atomic E-state index is 12.8. The molecule has 0 unspecified atom stereocenters. The number of piperidine rings is 1. The average Bonchev–Trinajstić information content (AvgIpc) is 3.47. The van der Waals surface area contributed by atoms with Crippen LogP contribution < -0.4 is 10.2 Å². The zero-order chi connectivity index (χ0) is 20.3. The number of aromatic nitrogens is 2. The summed E-state index contributed by atoms with van der Waals surface area (Å²) < 4.78 is 2.30. The Morgan fingerprint density at radius 1 is 0.967 bits per heavy atom. The summed E-state index contributed by atoms with van der Waals surface area (Å²) in [5.74, 6) is 1.61. The largest absolute Gasteiger partial charge is 0.353 e. The fourth-order valence-corrected chi connectivity index (χ4v) is 5.15. The van der Waals surface area contributed by atoms with Crippen LogP contribution in [0.25, 0.3) is 11.0 Å². The molecule has 3 aliphatic heterocycles. The molecule has 1 amide bonds. The predicted octanol–water partition coefficient (Wildman–Crippen LogP) is 1.78. The Hall–Kier alpha value is -2.12. The molecule has 7 heteroatoms. The smallest absolute Gasteiger partial charge is 0.225 e. The van der Waals surface area contributed by atoms with E-state index in [9.17, 15) is 4.79 Å². The van der Waals surface area contributed by atoms with Gasteiger partial charge in [-0.2, -0.15) is 0 Å². The molecule has 0 aromatic carbocycles. The van der Waals surface area contributed by atoms with Crippen LogP contribution in [0.5, 0.6) is 0 Å². The summed E-state index contributed by atoms with van der Waals surface area (Å²) >= 11 is 0. The van der Waals surface area contributed by atoms with E-state index in [1.54, 1.807) is 0 Å². The fraction of sp³-hybridized carbons (Fsp3) is 0.652. The van der Waals surface area contributed by atoms with E-state index in [-0.39, 0.29) is 5.92 Å². The third-order valence-corrected chi connectivity index (χ3v) is 7.06. The minimum Gasteiger partial charge on any atom is -0.353 e. The van der Waals surface area contributed by atoms with Crippen LogP contribution in [-0.4, -0.2) is 84.2 Å². The highest BCUT2D eigenvalue weighted by molar-refractivity contribution is 5.80. The number of anilines is 1. The summed E-state index contributed by atoms with van der Waals surface area (Å²) in [6, 6.07) is 6.50. The average molecular weight is 411 g/mol. The number of fused-ring (bicyclic) bond motifs is 1. The second-order valence-electron chi connectivity index (χ2n) is 8.98. The van der Waals surface area contributed by atoms with Crippen LogP contribution in [0.1, 0.15) is 25.7 Å². The van der Waals surface area contributed by atoms with Gasteiger partial charge in [-0.15, -0.1) is 0 Å². The zero-order valence-electron chi connectivity index (χ0n) is 17.9. The number of hydrogen-bond acceptors (Lipinski definition) is 5. The Balaban J connectivity index is 1.22. The quantitative estimate of drug-likeness (QED) is 0.814. The molecule has 0 saturated carbocycles. The first kappa shape index (κ1) is 19.8. The number of likely N-dealkylation sites (tertiary alicyclic amines) is 1. The summed E-state index contributed by atoms with van der Waals surface area (Å²) in [7, 11) is 0. The van der Waals surface area contributed by atoms with Gasteiger partial charge in [0.15, 0.2) is 0 Å². The van der Waals surface area contributed by atoms with E-state index >= 15 is 0 Å². The van der Waals surface area contributed by atoms with E-state index in [1.165, 1.54) is 31.3 Å². The topological polar surface area (TPSA) is 56.6 Å². The highest BCUT2D eigenvalue weighted by atomic mass is 16.2. The lowest BCUT2D eigenvalue weighted by molar-refractivity contribution is -0.136. The van der Waals surface area contributed by atoms with E-state index in [2.05, 4.69) is 49.0 Å². The van der Waals surface area contributed by atoms with Crippen molar-refractivity contribution in [3.63, 3.8) is 0 Å². The van der Waals surface area contributed by atoms with Crippen molar-refractivity contribution in [2.24, 2.45) is 5.92 Å². The second-order valence-corrected chi connectivity index (χ2v) is 8.98. The lowest BCUT2D eigenvalue weighted by Crippen LogP contribution is -2.51. The summed E-state index contributed by atoms with van der Waals surface area (Å²) in [4.78, 5) is 24.8. The molecule has 5 heterocycles. The van der Waals surface area contributed by atoms with Crippen molar-refractivity contribution in [2.75, 3.05) is 63.8 Å². The van der Waals surface area contributed by atoms with Gasteiger partial charge in [0.1, 0.15) is 11.5 Å². The number of amides is 1. The van der Waals surface area contributed by atoms with Gasteiger partial charge in [0, 0.05) is 56.8 Å². The number of carbonyl (C=O) groups is 1. The molecule has 1 N–H and O–H groups in total. The van der Waals surface area contributed by atoms with Crippen LogP contribution in [-0.2, 0) is 11.3 Å². The number of carbonyl (C=O) groups excluding carboxylic acids is 1. The molecule has 5 rings (SSSR count). The Morgan fingerprint density at radius 2 is 1.73 bits per heavy atom. The van der Waals surface area contributed by atoms with Crippen LogP contribution in [0.2, 0.25) is 0 Å². The number of piperazine rings is 1. The lowest BCUT2D eigenvalue weighted by atomic mass is 9.96. The van der Waals surface area contributed by atoms with E-state index in [0.717, 1.165) is 76.7 Å². The second kappa shape index (κ2) is 8.94. The van der Waals surface area contributed by atoms with E-state index in [1.807, 2.05) is 0 Å². The van der Waals surface area contributed by atoms with Crippen molar-refractivity contribution >= 4 is 22.8 Å². The summed E-state index contributed by atoms with van der Waals surface area (Å²) in [5.41, 5.74) is 1.08. The Morgan fingerprint density at radius 3 is 2.50 bits per heavy atom. The highest BCUT2D eigenvalue weighted by Gasteiger charge is 2.28. The molecule has 2 aromatic heterocycles. The molecule has 0 radical (unpaired) electrons. The minimum absolute atomic E-state index is 0.214. The Bertz CT molecular complexity index is 860. The standard InChI is InChI=1S/C23H34N6O/c30-23(20-5-8-24-9-6-20)29-17-15-27(16-18-29)21-4-3-19-7-12-28(22(19)25-21)14-13-26-10-1-2-11-26/h3-4,7,12,20,24H,1-2,5-6,8-11,13-18H2. The van der Waals surface area contributed by atoms with E-state index in [4.69, 9.17) is 4.98 Å². The summed E-state index contributed by atoms with van der Waals surface area (Å²) in [6.45, 7) is 9.85. The number of hydrogen-bond donors (Lipinski definition) is 1. The van der Waals surface area contributed by atoms with E-state index in [0.29, 0.717) is 5.91 Å². The molecule has 3 aliphatic rings. The number of nitrogens with one attached hydrogen (secondary N) is 1. The van der Waals surface area contributed by atoms with Crippen LogP contribution in [0.15, 0.2) is 24.4 Å². The van der Waals surface area contributed by atoms with Crippen molar-refractivity contribution in [1.29, 1.82) is 0 Å².